The van der Waals surface area contributed by atoms with Crippen LogP contribution >= 0.6 is 11.6 Å². The molecule has 7 nitrogen and oxygen atoms in total. The lowest BCUT2D eigenvalue weighted by Crippen LogP contribution is -2.44. The Bertz CT molecular complexity index is 1400. The Labute approximate surface area is 208 Å². The average molecular weight is 483 g/mol. The smallest absolute Gasteiger partial charge is 0.251 e. The number of halogens is 1. The first kappa shape index (κ1) is 21.6. The summed E-state index contributed by atoms with van der Waals surface area (Å²) in [5.41, 5.74) is 5.43. The summed E-state index contributed by atoms with van der Waals surface area (Å²) in [6, 6.07) is 25.8. The van der Waals surface area contributed by atoms with Crippen molar-refractivity contribution in [1.29, 1.82) is 0 Å². The molecular formula is C27H23ClN6O. The van der Waals surface area contributed by atoms with Gasteiger partial charge in [-0.3, -0.25) is 9.69 Å². The fourth-order valence-electron chi connectivity index (χ4n) is 4.82. The van der Waals surface area contributed by atoms with Crippen molar-refractivity contribution in [2.75, 3.05) is 18.0 Å². The molecule has 3 aromatic carbocycles. The van der Waals surface area contributed by atoms with Crippen LogP contribution in [-0.4, -0.2) is 44.1 Å². The number of benzene rings is 3. The van der Waals surface area contributed by atoms with Gasteiger partial charge in [-0.05, 0) is 57.3 Å². The minimum absolute atomic E-state index is 0.0424. The van der Waals surface area contributed by atoms with Gasteiger partial charge in [0.2, 0.25) is 5.91 Å². The van der Waals surface area contributed by atoms with Gasteiger partial charge in [0.05, 0.1) is 5.70 Å². The summed E-state index contributed by atoms with van der Waals surface area (Å²) in [5, 5.41) is 13.2. The molecule has 0 saturated heterocycles. The van der Waals surface area contributed by atoms with E-state index in [4.69, 9.17) is 11.6 Å². The van der Waals surface area contributed by atoms with E-state index in [9.17, 15) is 4.79 Å². The molecule has 4 aromatic rings. The van der Waals surface area contributed by atoms with Gasteiger partial charge < -0.3 is 4.90 Å². The second kappa shape index (κ2) is 9.00. The molecule has 2 aliphatic heterocycles. The third-order valence-corrected chi connectivity index (χ3v) is 6.90. The van der Waals surface area contributed by atoms with Crippen molar-refractivity contribution in [2.24, 2.45) is 0 Å². The third kappa shape index (κ3) is 4.08. The molecule has 1 unspecified atom stereocenters. The van der Waals surface area contributed by atoms with Crippen LogP contribution in [0.2, 0.25) is 5.02 Å². The Hall–Kier alpha value is -3.97. The Morgan fingerprint density at radius 1 is 0.943 bits per heavy atom. The number of carbonyl (C=O) groups excluding carboxylic acids is 1. The number of tetrazole rings is 1. The number of hydrogen-bond acceptors (Lipinski definition) is 5. The molecule has 2 aliphatic rings. The van der Waals surface area contributed by atoms with Crippen molar-refractivity contribution in [2.45, 2.75) is 19.0 Å². The van der Waals surface area contributed by atoms with Gasteiger partial charge >= 0.3 is 0 Å². The second-order valence-electron chi connectivity index (χ2n) is 8.76. The number of fused-ring (bicyclic) bond motifs is 2. The number of amides is 1. The maximum absolute atomic E-state index is 13.5. The SMILES string of the molecule is O=C(CN1C(c2ccccc2)=CC(c2ccc(Cl)cc2)n2nnnc21)N1CCc2ccccc2C1. The molecule has 8 heteroatoms. The van der Waals surface area contributed by atoms with Crippen LogP contribution in [0.3, 0.4) is 0 Å². The van der Waals surface area contributed by atoms with Gasteiger partial charge in [-0.15, -0.1) is 0 Å². The number of aromatic nitrogens is 4. The zero-order valence-corrected chi connectivity index (χ0v) is 19.7. The normalized spacial score (nSPS) is 16.9. The van der Waals surface area contributed by atoms with Gasteiger partial charge in [0.25, 0.3) is 5.95 Å². The summed E-state index contributed by atoms with van der Waals surface area (Å²) >= 11 is 6.13. The lowest BCUT2D eigenvalue weighted by Gasteiger charge is -2.35. The molecule has 0 spiro atoms. The minimum atomic E-state index is -0.222. The standard InChI is InChI=1S/C27H23ClN6O/c28-23-12-10-21(11-13-23)25-16-24(20-7-2-1-3-8-20)33(27-29-30-31-34(25)27)18-26(35)32-15-14-19-6-4-5-9-22(19)17-32/h1-13,16,25H,14-15,17-18H2. The zero-order valence-electron chi connectivity index (χ0n) is 19.0. The van der Waals surface area contributed by atoms with Gasteiger partial charge in [-0.25, -0.2) is 0 Å². The molecule has 0 N–H and O–H groups in total. The first-order valence-corrected chi connectivity index (χ1v) is 12.0. The van der Waals surface area contributed by atoms with Crippen molar-refractivity contribution in [3.63, 3.8) is 0 Å². The number of carbonyl (C=O) groups is 1. The number of nitrogens with zero attached hydrogens (tertiary/aromatic N) is 6. The molecule has 1 amide bonds. The highest BCUT2D eigenvalue weighted by Gasteiger charge is 2.33. The van der Waals surface area contributed by atoms with Crippen LogP contribution < -0.4 is 4.90 Å². The number of allylic oxidation sites excluding steroid dienone is 1. The van der Waals surface area contributed by atoms with Gasteiger partial charge in [-0.1, -0.05) is 83.4 Å². The van der Waals surface area contributed by atoms with E-state index in [1.54, 1.807) is 4.68 Å². The molecule has 0 saturated carbocycles. The van der Waals surface area contributed by atoms with Gasteiger partial charge in [-0.2, -0.15) is 4.68 Å². The lowest BCUT2D eigenvalue weighted by molar-refractivity contribution is -0.130. The number of hydrogen-bond donors (Lipinski definition) is 0. The summed E-state index contributed by atoms with van der Waals surface area (Å²) in [6.45, 7) is 1.47. The van der Waals surface area contributed by atoms with Crippen LogP contribution in [0.4, 0.5) is 5.95 Å². The van der Waals surface area contributed by atoms with Gasteiger partial charge in [0.1, 0.15) is 12.6 Å². The monoisotopic (exact) mass is 482 g/mol. The summed E-state index contributed by atoms with van der Waals surface area (Å²) < 4.78 is 1.76. The molecule has 35 heavy (non-hydrogen) atoms. The molecule has 0 fully saturated rings. The second-order valence-corrected chi connectivity index (χ2v) is 9.19. The topological polar surface area (TPSA) is 67.2 Å². The molecule has 1 atom stereocenters. The third-order valence-electron chi connectivity index (χ3n) is 6.64. The van der Waals surface area contributed by atoms with E-state index in [-0.39, 0.29) is 18.5 Å². The quantitative estimate of drug-likeness (QED) is 0.432. The summed E-state index contributed by atoms with van der Waals surface area (Å²) in [5.74, 6) is 0.581. The maximum Gasteiger partial charge on any atom is 0.251 e. The summed E-state index contributed by atoms with van der Waals surface area (Å²) in [6.07, 6.45) is 2.97. The zero-order chi connectivity index (χ0) is 23.8. The largest absolute Gasteiger partial charge is 0.336 e. The first-order chi connectivity index (χ1) is 17.2. The fourth-order valence-corrected chi connectivity index (χ4v) is 4.95. The Kier molecular flexibility index (Phi) is 5.54. The van der Waals surface area contributed by atoms with Crippen molar-refractivity contribution in [1.82, 2.24) is 25.1 Å². The average Bonchev–Trinajstić information content (AvgIpc) is 3.40. The minimum Gasteiger partial charge on any atom is -0.336 e. The Morgan fingerprint density at radius 2 is 1.69 bits per heavy atom. The van der Waals surface area contributed by atoms with E-state index < -0.39 is 0 Å². The molecule has 0 bridgehead atoms. The summed E-state index contributed by atoms with van der Waals surface area (Å²) in [7, 11) is 0. The Morgan fingerprint density at radius 3 is 2.49 bits per heavy atom. The maximum atomic E-state index is 13.5. The fraction of sp³-hybridized carbons (Fsp3) is 0.185. The van der Waals surface area contributed by atoms with Crippen LogP contribution in [0.15, 0.2) is 84.9 Å². The number of rotatable bonds is 4. The highest BCUT2D eigenvalue weighted by Crippen LogP contribution is 2.36. The van der Waals surface area contributed by atoms with Crippen LogP contribution in [0.5, 0.6) is 0 Å². The van der Waals surface area contributed by atoms with Crippen molar-refractivity contribution in [3.05, 3.63) is 112 Å². The Balaban J connectivity index is 1.36. The lowest BCUT2D eigenvalue weighted by atomic mass is 9.99. The first-order valence-electron chi connectivity index (χ1n) is 11.6. The summed E-state index contributed by atoms with van der Waals surface area (Å²) in [4.78, 5) is 17.4. The van der Waals surface area contributed by atoms with Gasteiger partial charge in [0, 0.05) is 18.1 Å². The van der Waals surface area contributed by atoms with E-state index >= 15 is 0 Å². The van der Waals surface area contributed by atoms with Crippen molar-refractivity contribution < 1.29 is 4.79 Å². The molecule has 0 aliphatic carbocycles. The molecule has 1 aromatic heterocycles. The van der Waals surface area contributed by atoms with E-state index in [0.717, 1.165) is 23.2 Å². The highest BCUT2D eigenvalue weighted by atomic mass is 35.5. The molecule has 6 rings (SSSR count). The van der Waals surface area contributed by atoms with Crippen LogP contribution in [-0.2, 0) is 17.8 Å². The van der Waals surface area contributed by atoms with Crippen LogP contribution in [0, 0.1) is 0 Å². The van der Waals surface area contributed by atoms with E-state index in [1.807, 2.05) is 70.5 Å². The molecular weight excluding hydrogens is 460 g/mol. The van der Waals surface area contributed by atoms with E-state index in [0.29, 0.717) is 24.1 Å². The predicted octanol–water partition coefficient (Wildman–Crippen LogP) is 4.36. The highest BCUT2D eigenvalue weighted by molar-refractivity contribution is 6.30. The molecule has 3 heterocycles. The molecule has 0 radical (unpaired) electrons. The van der Waals surface area contributed by atoms with Crippen LogP contribution in [0.25, 0.3) is 5.70 Å². The van der Waals surface area contributed by atoms with E-state index in [2.05, 4.69) is 39.8 Å². The predicted molar refractivity (Wildman–Crippen MR) is 135 cm³/mol. The van der Waals surface area contributed by atoms with Crippen molar-refractivity contribution >= 4 is 29.2 Å². The van der Waals surface area contributed by atoms with Gasteiger partial charge in [0.15, 0.2) is 0 Å². The van der Waals surface area contributed by atoms with E-state index in [1.165, 1.54) is 11.1 Å². The van der Waals surface area contributed by atoms with Crippen LogP contribution in [0.1, 0.15) is 28.3 Å². The van der Waals surface area contributed by atoms with Crippen molar-refractivity contribution in [3.8, 4) is 0 Å². The molecule has 174 valence electrons. The number of anilines is 1.